The minimum absolute atomic E-state index is 0.116. The molecule has 1 aromatic carbocycles. The Bertz CT molecular complexity index is 665. The average Bonchev–Trinajstić information content (AvgIpc) is 2.85. The van der Waals surface area contributed by atoms with Crippen LogP contribution in [0.1, 0.15) is 5.56 Å². The Kier molecular flexibility index (Phi) is 3.65. The van der Waals surface area contributed by atoms with Crippen LogP contribution in [0.15, 0.2) is 30.6 Å². The van der Waals surface area contributed by atoms with Gasteiger partial charge < -0.3 is 10.1 Å². The monoisotopic (exact) mass is 276 g/mol. The molecule has 2 aromatic rings. The summed E-state index contributed by atoms with van der Waals surface area (Å²) in [4.78, 5) is 22.1. The maximum Gasteiger partial charge on any atom is 0.346 e. The maximum atomic E-state index is 11.9. The lowest BCUT2D eigenvalue weighted by molar-refractivity contribution is -0.384. The van der Waals surface area contributed by atoms with Gasteiger partial charge in [0.2, 0.25) is 0 Å². The molecule has 1 heterocycles. The average molecular weight is 276 g/mol. The predicted octanol–water partition coefficient (Wildman–Crippen LogP) is 2.19. The van der Waals surface area contributed by atoms with Gasteiger partial charge in [0.15, 0.2) is 0 Å². The van der Waals surface area contributed by atoms with Crippen LogP contribution in [-0.2, 0) is 0 Å². The first-order valence-electron chi connectivity index (χ1n) is 5.66. The van der Waals surface area contributed by atoms with Crippen molar-refractivity contribution in [2.45, 2.75) is 6.92 Å². The predicted molar refractivity (Wildman–Crippen MR) is 71.0 cm³/mol. The van der Waals surface area contributed by atoms with E-state index in [-0.39, 0.29) is 11.4 Å². The van der Waals surface area contributed by atoms with Gasteiger partial charge in [0.05, 0.1) is 30.0 Å². The quantitative estimate of drug-likeness (QED) is 0.684. The Hall–Kier alpha value is -2.90. The number of amides is 1. The number of hydrogen-bond acceptors (Lipinski definition) is 5. The van der Waals surface area contributed by atoms with Crippen LogP contribution in [-0.4, -0.2) is 27.8 Å². The topological polar surface area (TPSA) is 99.3 Å². The third kappa shape index (κ3) is 2.74. The van der Waals surface area contributed by atoms with E-state index in [0.717, 1.165) is 10.2 Å². The van der Waals surface area contributed by atoms with Crippen LogP contribution in [0.3, 0.4) is 0 Å². The highest BCUT2D eigenvalue weighted by Gasteiger charge is 2.14. The van der Waals surface area contributed by atoms with Crippen LogP contribution in [0.25, 0.3) is 0 Å². The molecule has 0 aliphatic heterocycles. The fourth-order valence-corrected chi connectivity index (χ4v) is 1.59. The van der Waals surface area contributed by atoms with Gasteiger partial charge in [0, 0.05) is 12.3 Å². The number of benzene rings is 1. The number of aromatic nitrogens is 2. The van der Waals surface area contributed by atoms with E-state index in [1.165, 1.54) is 25.3 Å². The smallest absolute Gasteiger partial charge is 0.346 e. The number of aryl methyl sites for hydroxylation is 1. The Balaban J connectivity index is 2.25. The molecule has 1 aromatic heterocycles. The van der Waals surface area contributed by atoms with Crippen molar-refractivity contribution in [1.29, 1.82) is 0 Å². The molecule has 1 amide bonds. The van der Waals surface area contributed by atoms with E-state index < -0.39 is 11.0 Å². The number of rotatable bonds is 3. The van der Waals surface area contributed by atoms with E-state index >= 15 is 0 Å². The second-order valence-electron chi connectivity index (χ2n) is 4.03. The van der Waals surface area contributed by atoms with Gasteiger partial charge in [0.25, 0.3) is 5.69 Å². The van der Waals surface area contributed by atoms with Crippen molar-refractivity contribution in [1.82, 2.24) is 9.78 Å². The van der Waals surface area contributed by atoms with Crippen LogP contribution in [0.5, 0.6) is 5.75 Å². The fourth-order valence-electron chi connectivity index (χ4n) is 1.59. The lowest BCUT2D eigenvalue weighted by atomic mass is 10.2. The van der Waals surface area contributed by atoms with Gasteiger partial charge in [-0.05, 0) is 18.6 Å². The summed E-state index contributed by atoms with van der Waals surface area (Å²) in [7, 11) is 1.37. The summed E-state index contributed by atoms with van der Waals surface area (Å²) in [6, 6.07) is 3.45. The van der Waals surface area contributed by atoms with Crippen molar-refractivity contribution in [2.24, 2.45) is 0 Å². The number of carbonyl (C=O) groups is 1. The van der Waals surface area contributed by atoms with Crippen molar-refractivity contribution < 1.29 is 14.5 Å². The molecule has 2 rings (SSSR count). The summed E-state index contributed by atoms with van der Waals surface area (Å²) < 4.78 is 6.16. The molecular weight excluding hydrogens is 264 g/mol. The Labute approximate surface area is 114 Å². The molecule has 8 nitrogen and oxygen atoms in total. The molecule has 0 unspecified atom stereocenters. The summed E-state index contributed by atoms with van der Waals surface area (Å²) in [6.07, 6.45) is 3.11. The SMILES string of the molecule is COc1cc([N+](=O)[O-])ccc1NC(=O)n1cc(C)cn1. The highest BCUT2D eigenvalue weighted by Crippen LogP contribution is 2.29. The Morgan fingerprint density at radius 3 is 2.80 bits per heavy atom. The van der Waals surface area contributed by atoms with Crippen LogP contribution in [0, 0.1) is 17.0 Å². The molecule has 0 aliphatic carbocycles. The number of ether oxygens (including phenoxy) is 1. The highest BCUT2D eigenvalue weighted by molar-refractivity contribution is 5.92. The van der Waals surface area contributed by atoms with Gasteiger partial charge in [-0.3, -0.25) is 10.1 Å². The molecular formula is C12H12N4O4. The molecule has 0 spiro atoms. The van der Waals surface area contributed by atoms with Gasteiger partial charge in [-0.15, -0.1) is 0 Å². The first-order valence-corrected chi connectivity index (χ1v) is 5.66. The lowest BCUT2D eigenvalue weighted by Crippen LogP contribution is -2.20. The molecule has 0 aliphatic rings. The van der Waals surface area contributed by atoms with Crippen LogP contribution >= 0.6 is 0 Å². The van der Waals surface area contributed by atoms with Crippen LogP contribution in [0.2, 0.25) is 0 Å². The number of hydrogen-bond donors (Lipinski definition) is 1. The Morgan fingerprint density at radius 2 is 2.25 bits per heavy atom. The first kappa shape index (κ1) is 13.5. The zero-order valence-corrected chi connectivity index (χ0v) is 10.9. The van der Waals surface area contributed by atoms with Gasteiger partial charge in [-0.2, -0.15) is 9.78 Å². The summed E-state index contributed by atoms with van der Waals surface area (Å²) in [5.41, 5.74) is 1.06. The number of nitro benzene ring substituents is 1. The maximum absolute atomic E-state index is 11.9. The molecule has 0 radical (unpaired) electrons. The molecule has 0 fully saturated rings. The number of methoxy groups -OCH3 is 1. The largest absolute Gasteiger partial charge is 0.494 e. The molecule has 20 heavy (non-hydrogen) atoms. The van der Waals surface area contributed by atoms with Gasteiger partial charge in [-0.1, -0.05) is 0 Å². The van der Waals surface area contributed by atoms with Gasteiger partial charge >= 0.3 is 6.03 Å². The number of nitro groups is 1. The Morgan fingerprint density at radius 1 is 1.50 bits per heavy atom. The lowest BCUT2D eigenvalue weighted by Gasteiger charge is -2.09. The van der Waals surface area contributed by atoms with Gasteiger partial charge in [-0.25, -0.2) is 4.79 Å². The zero-order valence-electron chi connectivity index (χ0n) is 10.9. The summed E-state index contributed by atoms with van der Waals surface area (Å²) >= 11 is 0. The normalized spacial score (nSPS) is 10.1. The molecule has 0 atom stereocenters. The number of anilines is 1. The third-order valence-electron chi connectivity index (χ3n) is 2.56. The van der Waals surface area contributed by atoms with E-state index in [2.05, 4.69) is 10.4 Å². The summed E-state index contributed by atoms with van der Waals surface area (Å²) in [5.74, 6) is 0.205. The van der Waals surface area contributed by atoms with E-state index in [0.29, 0.717) is 5.69 Å². The number of nitrogens with zero attached hydrogens (tertiary/aromatic N) is 3. The third-order valence-corrected chi connectivity index (χ3v) is 2.56. The van der Waals surface area contributed by atoms with Crippen molar-refractivity contribution in [3.8, 4) is 5.75 Å². The molecule has 8 heteroatoms. The number of nitrogens with one attached hydrogen (secondary N) is 1. The number of carbonyl (C=O) groups excluding carboxylic acids is 1. The van der Waals surface area contributed by atoms with Crippen molar-refractivity contribution >= 4 is 17.4 Å². The molecule has 0 bridgehead atoms. The highest BCUT2D eigenvalue weighted by atomic mass is 16.6. The van der Waals surface area contributed by atoms with Crippen LogP contribution in [0.4, 0.5) is 16.2 Å². The standard InChI is InChI=1S/C12H12N4O4/c1-8-6-13-15(7-8)12(17)14-10-4-3-9(16(18)19)5-11(10)20-2/h3-7H,1-2H3,(H,14,17). The minimum Gasteiger partial charge on any atom is -0.494 e. The minimum atomic E-state index is -0.537. The zero-order chi connectivity index (χ0) is 14.7. The van der Waals surface area contributed by atoms with Gasteiger partial charge in [0.1, 0.15) is 5.75 Å². The molecule has 104 valence electrons. The second kappa shape index (κ2) is 5.39. The van der Waals surface area contributed by atoms with Crippen molar-refractivity contribution in [3.05, 3.63) is 46.3 Å². The first-order chi connectivity index (χ1) is 9.51. The van der Waals surface area contributed by atoms with Crippen molar-refractivity contribution in [3.63, 3.8) is 0 Å². The molecule has 1 N–H and O–H groups in total. The van der Waals surface area contributed by atoms with E-state index in [9.17, 15) is 14.9 Å². The summed E-state index contributed by atoms with van der Waals surface area (Å²) in [5, 5.41) is 17.1. The number of non-ortho nitro benzene ring substituents is 1. The van der Waals surface area contributed by atoms with Crippen LogP contribution < -0.4 is 10.1 Å². The van der Waals surface area contributed by atoms with E-state index in [1.54, 1.807) is 12.4 Å². The van der Waals surface area contributed by atoms with Crippen molar-refractivity contribution in [2.75, 3.05) is 12.4 Å². The van der Waals surface area contributed by atoms with E-state index in [4.69, 9.17) is 4.74 Å². The molecule has 0 saturated heterocycles. The fraction of sp³-hybridized carbons (Fsp3) is 0.167. The second-order valence-corrected chi connectivity index (χ2v) is 4.03. The molecule has 0 saturated carbocycles. The van der Waals surface area contributed by atoms with E-state index in [1.807, 2.05) is 6.92 Å². The summed E-state index contributed by atoms with van der Waals surface area (Å²) in [6.45, 7) is 1.81.